The SMILES string of the molecule is C=CCOC(=O)N1CC(C(=O)OC)CC(=O)N1. The molecule has 1 rings (SSSR count). The van der Waals surface area contributed by atoms with Crippen molar-refractivity contribution < 1.29 is 23.9 Å². The van der Waals surface area contributed by atoms with Gasteiger partial charge in [0.1, 0.15) is 6.61 Å². The Bertz CT molecular complexity index is 342. The van der Waals surface area contributed by atoms with Crippen LogP contribution in [0.3, 0.4) is 0 Å². The van der Waals surface area contributed by atoms with Crippen LogP contribution < -0.4 is 5.43 Å². The Hall–Kier alpha value is -2.05. The zero-order valence-corrected chi connectivity index (χ0v) is 9.47. The van der Waals surface area contributed by atoms with Gasteiger partial charge in [-0.2, -0.15) is 0 Å². The van der Waals surface area contributed by atoms with Gasteiger partial charge in [-0.15, -0.1) is 0 Å². The molecule has 17 heavy (non-hydrogen) atoms. The topological polar surface area (TPSA) is 84.9 Å². The maximum Gasteiger partial charge on any atom is 0.429 e. The van der Waals surface area contributed by atoms with Gasteiger partial charge in [-0.05, 0) is 0 Å². The lowest BCUT2D eigenvalue weighted by molar-refractivity contribution is -0.151. The van der Waals surface area contributed by atoms with Gasteiger partial charge >= 0.3 is 12.1 Å². The zero-order valence-electron chi connectivity index (χ0n) is 9.47. The summed E-state index contributed by atoms with van der Waals surface area (Å²) in [5, 5.41) is 0.955. The Morgan fingerprint density at radius 2 is 2.35 bits per heavy atom. The van der Waals surface area contributed by atoms with E-state index in [0.29, 0.717) is 0 Å². The number of carbonyl (C=O) groups excluding carboxylic acids is 3. The van der Waals surface area contributed by atoms with Crippen LogP contribution in [0.25, 0.3) is 0 Å². The number of ether oxygens (including phenoxy) is 2. The van der Waals surface area contributed by atoms with Crippen molar-refractivity contribution in [2.45, 2.75) is 6.42 Å². The van der Waals surface area contributed by atoms with E-state index >= 15 is 0 Å². The Morgan fingerprint density at radius 3 is 2.94 bits per heavy atom. The van der Waals surface area contributed by atoms with Gasteiger partial charge in [0.05, 0.1) is 19.6 Å². The summed E-state index contributed by atoms with van der Waals surface area (Å²) in [4.78, 5) is 34.0. The molecule has 1 atom stereocenters. The van der Waals surface area contributed by atoms with E-state index in [9.17, 15) is 14.4 Å². The van der Waals surface area contributed by atoms with Gasteiger partial charge in [0.15, 0.2) is 0 Å². The van der Waals surface area contributed by atoms with Crippen LogP contribution in [-0.4, -0.2) is 43.2 Å². The summed E-state index contributed by atoms with van der Waals surface area (Å²) in [5.41, 5.74) is 2.31. The number of esters is 1. The smallest absolute Gasteiger partial charge is 0.429 e. The monoisotopic (exact) mass is 242 g/mol. The minimum absolute atomic E-state index is 0.00207. The molecule has 0 spiro atoms. The number of amides is 2. The standard InChI is InChI=1S/C10H14N2O5/c1-3-4-17-10(15)12-6-7(9(14)16-2)5-8(13)11-12/h3,7H,1,4-6H2,2H3,(H,11,13). The van der Waals surface area contributed by atoms with E-state index < -0.39 is 23.9 Å². The molecule has 0 aromatic carbocycles. The molecular weight excluding hydrogens is 228 g/mol. The third-order valence-electron chi connectivity index (χ3n) is 2.17. The molecule has 1 aliphatic rings. The maximum atomic E-state index is 11.4. The molecule has 1 N–H and O–H groups in total. The summed E-state index contributed by atoms with van der Waals surface area (Å²) in [6.45, 7) is 3.46. The van der Waals surface area contributed by atoms with Crippen molar-refractivity contribution in [3.63, 3.8) is 0 Å². The lowest BCUT2D eigenvalue weighted by Crippen LogP contribution is -2.54. The molecule has 94 valence electrons. The lowest BCUT2D eigenvalue weighted by Gasteiger charge is -2.30. The first-order chi connectivity index (χ1) is 8.08. The highest BCUT2D eigenvalue weighted by Crippen LogP contribution is 2.13. The molecule has 0 aliphatic carbocycles. The normalized spacial score (nSPS) is 19.2. The number of nitrogens with one attached hydrogen (secondary N) is 1. The minimum Gasteiger partial charge on any atom is -0.469 e. The maximum absolute atomic E-state index is 11.4. The van der Waals surface area contributed by atoms with Crippen LogP contribution in [0.1, 0.15) is 6.42 Å². The number of rotatable bonds is 3. The highest BCUT2D eigenvalue weighted by Gasteiger charge is 2.33. The molecule has 1 unspecified atom stereocenters. The van der Waals surface area contributed by atoms with Gasteiger partial charge in [-0.1, -0.05) is 12.7 Å². The Morgan fingerprint density at radius 1 is 1.65 bits per heavy atom. The Labute approximate surface area is 98.3 Å². The van der Waals surface area contributed by atoms with Crippen LogP contribution in [0, 0.1) is 5.92 Å². The highest BCUT2D eigenvalue weighted by atomic mass is 16.6. The first-order valence-electron chi connectivity index (χ1n) is 5.01. The summed E-state index contributed by atoms with van der Waals surface area (Å²) in [7, 11) is 1.23. The number of nitrogens with zero attached hydrogens (tertiary/aromatic N) is 1. The number of carbonyl (C=O) groups is 3. The Balaban J connectivity index is 2.61. The van der Waals surface area contributed by atoms with Crippen molar-refractivity contribution in [2.75, 3.05) is 20.3 Å². The fourth-order valence-corrected chi connectivity index (χ4v) is 1.40. The first-order valence-corrected chi connectivity index (χ1v) is 5.01. The molecule has 1 heterocycles. The van der Waals surface area contributed by atoms with E-state index in [1.807, 2.05) is 0 Å². The van der Waals surface area contributed by atoms with Crippen molar-refractivity contribution in [1.82, 2.24) is 10.4 Å². The lowest BCUT2D eigenvalue weighted by atomic mass is 10.0. The van der Waals surface area contributed by atoms with Crippen molar-refractivity contribution >= 4 is 18.0 Å². The molecule has 1 saturated heterocycles. The van der Waals surface area contributed by atoms with Gasteiger partial charge in [-0.3, -0.25) is 15.0 Å². The average Bonchev–Trinajstić information content (AvgIpc) is 2.34. The van der Waals surface area contributed by atoms with Crippen molar-refractivity contribution in [1.29, 1.82) is 0 Å². The van der Waals surface area contributed by atoms with Crippen LogP contribution in [0.2, 0.25) is 0 Å². The predicted octanol–water partition coefficient (Wildman–Crippen LogP) is -0.165. The van der Waals surface area contributed by atoms with E-state index in [1.165, 1.54) is 13.2 Å². The number of methoxy groups -OCH3 is 1. The molecule has 7 heteroatoms. The van der Waals surface area contributed by atoms with E-state index in [0.717, 1.165) is 5.01 Å². The second-order valence-electron chi connectivity index (χ2n) is 3.44. The number of hydrazine groups is 1. The quantitative estimate of drug-likeness (QED) is 0.549. The van der Waals surface area contributed by atoms with Crippen LogP contribution in [-0.2, 0) is 19.1 Å². The molecule has 0 saturated carbocycles. The van der Waals surface area contributed by atoms with Crippen molar-refractivity contribution in [3.8, 4) is 0 Å². The summed E-state index contributed by atoms with van der Waals surface area (Å²) >= 11 is 0. The van der Waals surface area contributed by atoms with Crippen molar-refractivity contribution in [3.05, 3.63) is 12.7 Å². The fraction of sp³-hybridized carbons (Fsp3) is 0.500. The molecule has 0 radical (unpaired) electrons. The van der Waals surface area contributed by atoms with Gasteiger partial charge in [0, 0.05) is 6.42 Å². The zero-order chi connectivity index (χ0) is 12.8. The van der Waals surface area contributed by atoms with E-state index in [2.05, 4.69) is 16.7 Å². The van der Waals surface area contributed by atoms with Gasteiger partial charge in [0.25, 0.3) is 0 Å². The fourth-order valence-electron chi connectivity index (χ4n) is 1.40. The largest absolute Gasteiger partial charge is 0.469 e. The summed E-state index contributed by atoms with van der Waals surface area (Å²) in [6.07, 6.45) is 0.672. The third kappa shape index (κ3) is 3.47. The van der Waals surface area contributed by atoms with E-state index in [1.54, 1.807) is 0 Å². The number of hydrogen-bond donors (Lipinski definition) is 1. The second kappa shape index (κ2) is 5.88. The van der Waals surface area contributed by atoms with Crippen LogP contribution >= 0.6 is 0 Å². The van der Waals surface area contributed by atoms with Gasteiger partial charge in [-0.25, -0.2) is 9.80 Å². The van der Waals surface area contributed by atoms with Crippen molar-refractivity contribution in [2.24, 2.45) is 5.92 Å². The summed E-state index contributed by atoms with van der Waals surface area (Å²) in [5.74, 6) is -1.62. The minimum atomic E-state index is -0.730. The third-order valence-corrected chi connectivity index (χ3v) is 2.17. The Kier molecular flexibility index (Phi) is 4.50. The number of hydrogen-bond acceptors (Lipinski definition) is 5. The van der Waals surface area contributed by atoms with E-state index in [4.69, 9.17) is 4.74 Å². The van der Waals surface area contributed by atoms with Gasteiger partial charge in [0.2, 0.25) is 5.91 Å². The molecule has 0 aromatic heterocycles. The molecular formula is C10H14N2O5. The molecule has 2 amide bonds. The van der Waals surface area contributed by atoms with Crippen LogP contribution in [0.5, 0.6) is 0 Å². The second-order valence-corrected chi connectivity index (χ2v) is 3.44. The van der Waals surface area contributed by atoms with Gasteiger partial charge < -0.3 is 9.47 Å². The van der Waals surface area contributed by atoms with E-state index in [-0.39, 0.29) is 19.6 Å². The summed E-state index contributed by atoms with van der Waals surface area (Å²) in [6, 6.07) is 0. The molecule has 0 bridgehead atoms. The highest BCUT2D eigenvalue weighted by molar-refractivity contribution is 5.86. The molecule has 1 fully saturated rings. The van der Waals surface area contributed by atoms with Crippen LogP contribution in [0.4, 0.5) is 4.79 Å². The average molecular weight is 242 g/mol. The molecule has 0 aromatic rings. The first kappa shape index (κ1) is 13.0. The molecule has 7 nitrogen and oxygen atoms in total. The predicted molar refractivity (Wildman–Crippen MR) is 56.5 cm³/mol. The van der Waals surface area contributed by atoms with Crippen LogP contribution in [0.15, 0.2) is 12.7 Å². The summed E-state index contributed by atoms with van der Waals surface area (Å²) < 4.78 is 9.28. The molecule has 1 aliphatic heterocycles.